The minimum Gasteiger partial charge on any atom is -0.497 e. The lowest BCUT2D eigenvalue weighted by Gasteiger charge is -2.37. The van der Waals surface area contributed by atoms with Gasteiger partial charge in [-0.1, -0.05) is 11.8 Å². The lowest BCUT2D eigenvalue weighted by Crippen LogP contribution is -2.42. The van der Waals surface area contributed by atoms with Crippen LogP contribution >= 0.6 is 11.8 Å². The predicted molar refractivity (Wildman–Crippen MR) is 129 cm³/mol. The number of fused-ring (bicyclic) bond motifs is 1. The zero-order chi connectivity index (χ0) is 24.2. The Balaban J connectivity index is 1.77. The molecule has 1 atom stereocenters. The molecule has 1 aromatic rings. The lowest BCUT2D eigenvalue weighted by molar-refractivity contribution is -0.139. The Labute approximate surface area is 203 Å². The number of esters is 1. The number of amidine groups is 1. The number of rotatable bonds is 7. The van der Waals surface area contributed by atoms with Gasteiger partial charge < -0.3 is 28.7 Å². The van der Waals surface area contributed by atoms with Crippen LogP contribution in [-0.4, -0.2) is 74.0 Å². The van der Waals surface area contributed by atoms with Gasteiger partial charge in [-0.15, -0.1) is 0 Å². The van der Waals surface area contributed by atoms with Gasteiger partial charge in [-0.05, 0) is 37.5 Å². The number of hydrogen-bond acceptors (Lipinski definition) is 9. The molecule has 0 spiro atoms. The number of amides is 1. The minimum absolute atomic E-state index is 0.0108. The van der Waals surface area contributed by atoms with Crippen molar-refractivity contribution >= 4 is 28.8 Å². The molecule has 3 heterocycles. The zero-order valence-corrected chi connectivity index (χ0v) is 20.6. The summed E-state index contributed by atoms with van der Waals surface area (Å²) in [6, 6.07) is 4.88. The Kier molecular flexibility index (Phi) is 7.47. The number of ether oxygens (including phenoxy) is 4. The Morgan fingerprint density at radius 1 is 1.21 bits per heavy atom. The monoisotopic (exact) mass is 487 g/mol. The summed E-state index contributed by atoms with van der Waals surface area (Å²) in [6.45, 7) is 6.02. The Morgan fingerprint density at radius 2 is 1.97 bits per heavy atom. The van der Waals surface area contributed by atoms with Crippen molar-refractivity contribution in [1.82, 2.24) is 9.80 Å². The summed E-state index contributed by atoms with van der Waals surface area (Å²) < 4.78 is 21.9. The molecule has 1 fully saturated rings. The van der Waals surface area contributed by atoms with Crippen molar-refractivity contribution < 1.29 is 28.5 Å². The van der Waals surface area contributed by atoms with Gasteiger partial charge in [0.2, 0.25) is 5.91 Å². The van der Waals surface area contributed by atoms with Crippen LogP contribution in [0.15, 0.2) is 45.6 Å². The molecular formula is C24H29N3O6S. The molecule has 0 aliphatic carbocycles. The molecule has 1 aromatic carbocycles. The smallest absolute Gasteiger partial charge is 0.338 e. The molecule has 10 heteroatoms. The van der Waals surface area contributed by atoms with E-state index in [-0.39, 0.29) is 18.9 Å². The quantitative estimate of drug-likeness (QED) is 0.542. The molecule has 0 bridgehead atoms. The highest BCUT2D eigenvalue weighted by Crippen LogP contribution is 2.47. The fourth-order valence-corrected chi connectivity index (χ4v) is 5.23. The highest BCUT2D eigenvalue weighted by Gasteiger charge is 2.42. The summed E-state index contributed by atoms with van der Waals surface area (Å²) in [4.78, 5) is 34.7. The predicted octanol–water partition coefficient (Wildman–Crippen LogP) is 3.09. The third kappa shape index (κ3) is 4.65. The minimum atomic E-state index is -0.588. The van der Waals surface area contributed by atoms with Gasteiger partial charge in [-0.3, -0.25) is 4.79 Å². The van der Waals surface area contributed by atoms with Crippen molar-refractivity contribution in [3.63, 3.8) is 0 Å². The maximum Gasteiger partial charge on any atom is 0.338 e. The third-order valence-corrected chi connectivity index (χ3v) is 6.81. The molecule has 34 heavy (non-hydrogen) atoms. The van der Waals surface area contributed by atoms with E-state index >= 15 is 0 Å². The number of allylic oxidation sites excluding steroid dienone is 1. The lowest BCUT2D eigenvalue weighted by atomic mass is 9.92. The van der Waals surface area contributed by atoms with E-state index in [1.807, 2.05) is 27.3 Å². The molecule has 1 unspecified atom stereocenters. The van der Waals surface area contributed by atoms with Gasteiger partial charge in [0.15, 0.2) is 5.17 Å². The second kappa shape index (κ2) is 10.5. The summed E-state index contributed by atoms with van der Waals surface area (Å²) in [6.07, 6.45) is 0.184. The molecule has 3 aliphatic rings. The molecule has 0 saturated carbocycles. The van der Waals surface area contributed by atoms with Crippen molar-refractivity contribution in [3.05, 3.63) is 46.1 Å². The van der Waals surface area contributed by atoms with E-state index < -0.39 is 12.0 Å². The molecule has 0 aromatic heterocycles. The van der Waals surface area contributed by atoms with Crippen LogP contribution < -0.4 is 9.47 Å². The molecule has 9 nitrogen and oxygen atoms in total. The number of nitrogens with zero attached hydrogens (tertiary/aromatic N) is 3. The van der Waals surface area contributed by atoms with Gasteiger partial charge in [0.25, 0.3) is 0 Å². The van der Waals surface area contributed by atoms with Gasteiger partial charge >= 0.3 is 5.97 Å². The maximum absolute atomic E-state index is 13.1. The molecule has 0 radical (unpaired) electrons. The number of methoxy groups -OCH3 is 2. The van der Waals surface area contributed by atoms with Gasteiger partial charge in [0.1, 0.15) is 11.5 Å². The normalized spacial score (nSPS) is 19.9. The Bertz CT molecular complexity index is 1060. The first-order valence-electron chi connectivity index (χ1n) is 11.2. The van der Waals surface area contributed by atoms with E-state index in [2.05, 4.69) is 4.99 Å². The number of morpholine rings is 1. The first kappa shape index (κ1) is 24.2. The van der Waals surface area contributed by atoms with Crippen LogP contribution in [0, 0.1) is 0 Å². The van der Waals surface area contributed by atoms with Crippen LogP contribution in [0.3, 0.4) is 0 Å². The largest absolute Gasteiger partial charge is 0.497 e. The fraction of sp³-hybridized carbons (Fsp3) is 0.458. The summed E-state index contributed by atoms with van der Waals surface area (Å²) in [5.41, 5.74) is 2.47. The van der Waals surface area contributed by atoms with E-state index in [9.17, 15) is 9.59 Å². The van der Waals surface area contributed by atoms with Crippen LogP contribution in [0.5, 0.6) is 11.5 Å². The van der Waals surface area contributed by atoms with Crippen LogP contribution in [0.1, 0.15) is 31.9 Å². The molecule has 0 N–H and O–H groups in total. The maximum atomic E-state index is 13.1. The molecule has 182 valence electrons. The number of thioether (sulfide) groups is 1. The molecule has 1 amide bonds. The van der Waals surface area contributed by atoms with Crippen molar-refractivity contribution in [2.75, 3.05) is 47.1 Å². The zero-order valence-electron chi connectivity index (χ0n) is 19.8. The van der Waals surface area contributed by atoms with Crippen molar-refractivity contribution in [2.24, 2.45) is 4.99 Å². The van der Waals surface area contributed by atoms with Crippen molar-refractivity contribution in [1.29, 1.82) is 0 Å². The number of benzene rings is 1. The van der Waals surface area contributed by atoms with Crippen LogP contribution in [0.4, 0.5) is 0 Å². The summed E-state index contributed by atoms with van der Waals surface area (Å²) >= 11 is 1.44. The molecule has 4 rings (SSSR count). The molecule has 1 saturated heterocycles. The first-order valence-corrected chi connectivity index (χ1v) is 12.0. The standard InChI is InChI=1S/C24H29N3O6S/c1-5-33-23(29)21-15(2)25-24-27(22(21)18-13-17(30-3)6-7-19(18)31-4)16(14-34-24)12-20(28)26-8-10-32-11-9-26/h6-7,13-14,22H,5,8-12H2,1-4H3. The van der Waals surface area contributed by atoms with Gasteiger partial charge in [0, 0.05) is 24.4 Å². The number of aliphatic imine (C=N–C) groups is 1. The molecular weight excluding hydrogens is 458 g/mol. The van der Waals surface area contributed by atoms with E-state index in [1.165, 1.54) is 11.8 Å². The first-order chi connectivity index (χ1) is 16.5. The average molecular weight is 488 g/mol. The van der Waals surface area contributed by atoms with Gasteiger partial charge in [-0.2, -0.15) is 0 Å². The second-order valence-corrected chi connectivity index (χ2v) is 8.73. The number of hydrogen-bond donors (Lipinski definition) is 0. The molecule has 3 aliphatic heterocycles. The van der Waals surface area contributed by atoms with Crippen molar-refractivity contribution in [3.8, 4) is 11.5 Å². The van der Waals surface area contributed by atoms with Crippen molar-refractivity contribution in [2.45, 2.75) is 26.3 Å². The van der Waals surface area contributed by atoms with Gasteiger partial charge in [-0.25, -0.2) is 9.79 Å². The average Bonchev–Trinajstić information content (AvgIpc) is 3.25. The van der Waals surface area contributed by atoms with E-state index in [0.717, 1.165) is 11.3 Å². The highest BCUT2D eigenvalue weighted by molar-refractivity contribution is 8.16. The van der Waals surface area contributed by atoms with Crippen LogP contribution in [-0.2, 0) is 19.1 Å². The van der Waals surface area contributed by atoms with Crippen LogP contribution in [0.25, 0.3) is 0 Å². The SMILES string of the molecule is CCOC(=O)C1=C(C)N=C2SC=C(CC(=O)N3CCOCC3)N2C1c1cc(OC)ccc1OC. The van der Waals surface area contributed by atoms with E-state index in [0.29, 0.717) is 54.2 Å². The third-order valence-electron chi connectivity index (χ3n) is 5.92. The van der Waals surface area contributed by atoms with E-state index in [4.69, 9.17) is 18.9 Å². The number of carbonyl (C=O) groups is 2. The Morgan fingerprint density at radius 3 is 2.65 bits per heavy atom. The topological polar surface area (TPSA) is 89.9 Å². The van der Waals surface area contributed by atoms with E-state index in [1.54, 1.807) is 34.1 Å². The Hall–Kier alpha value is -2.98. The second-order valence-electron chi connectivity index (χ2n) is 7.89. The summed E-state index contributed by atoms with van der Waals surface area (Å²) in [7, 11) is 3.17. The summed E-state index contributed by atoms with van der Waals surface area (Å²) in [5.74, 6) is 0.782. The van der Waals surface area contributed by atoms with Gasteiger partial charge in [0.05, 0.1) is 57.8 Å². The summed E-state index contributed by atoms with van der Waals surface area (Å²) in [5, 5.41) is 2.63. The van der Waals surface area contributed by atoms with Crippen LogP contribution in [0.2, 0.25) is 0 Å². The number of carbonyl (C=O) groups excluding carboxylic acids is 2. The fourth-order valence-electron chi connectivity index (χ4n) is 4.27. The highest BCUT2D eigenvalue weighted by atomic mass is 32.2.